The van der Waals surface area contributed by atoms with Crippen molar-refractivity contribution in [3.63, 3.8) is 0 Å². The normalized spacial score (nSPS) is 22.5. The van der Waals surface area contributed by atoms with Crippen LogP contribution in [0.2, 0.25) is 0 Å². The lowest BCUT2D eigenvalue weighted by Gasteiger charge is -2.34. The van der Waals surface area contributed by atoms with E-state index in [-0.39, 0.29) is 29.2 Å². The van der Waals surface area contributed by atoms with Crippen LogP contribution in [0.1, 0.15) is 51.4 Å². The van der Waals surface area contributed by atoms with Gasteiger partial charge < -0.3 is 0 Å². The van der Waals surface area contributed by atoms with Gasteiger partial charge in [-0.15, -0.1) is 0 Å². The smallest absolute Gasteiger partial charge is 0.243 e. The summed E-state index contributed by atoms with van der Waals surface area (Å²) >= 11 is 0. The lowest BCUT2D eigenvalue weighted by Crippen LogP contribution is -2.48. The van der Waals surface area contributed by atoms with E-state index in [1.165, 1.54) is 27.9 Å². The first-order valence-corrected chi connectivity index (χ1v) is 11.1. The summed E-state index contributed by atoms with van der Waals surface area (Å²) in [4.78, 5) is 12.6. The van der Waals surface area contributed by atoms with Crippen LogP contribution < -0.4 is 5.84 Å². The molecule has 0 aromatic heterocycles. The minimum Gasteiger partial charge on any atom is -0.278 e. The summed E-state index contributed by atoms with van der Waals surface area (Å²) < 4.78 is 40.1. The average Bonchev–Trinajstić information content (AvgIpc) is 2.68. The van der Waals surface area contributed by atoms with Crippen LogP contribution in [0.5, 0.6) is 0 Å². The van der Waals surface area contributed by atoms with Gasteiger partial charge in [-0.05, 0) is 55.9 Å². The molecule has 6 nitrogen and oxygen atoms in total. The Morgan fingerprint density at radius 3 is 2.44 bits per heavy atom. The second kappa shape index (κ2) is 8.67. The molecule has 1 saturated heterocycles. The van der Waals surface area contributed by atoms with Crippen LogP contribution in [-0.2, 0) is 14.8 Å². The molecule has 2 fully saturated rings. The SMILES string of the molecule is NN(C(=O)CC1CCCN(S(=O)(=O)c2ccc(F)cc2)C1)C1CCCCC1. The summed E-state index contributed by atoms with van der Waals surface area (Å²) in [6, 6.07) is 4.96. The molecule has 150 valence electrons. The first kappa shape index (κ1) is 20.2. The van der Waals surface area contributed by atoms with Crippen LogP contribution in [-0.4, -0.2) is 42.8 Å². The van der Waals surface area contributed by atoms with Gasteiger partial charge >= 0.3 is 0 Å². The van der Waals surface area contributed by atoms with Crippen molar-refractivity contribution >= 4 is 15.9 Å². The van der Waals surface area contributed by atoms with Crippen molar-refractivity contribution < 1.29 is 17.6 Å². The van der Waals surface area contributed by atoms with Crippen molar-refractivity contribution in [2.24, 2.45) is 11.8 Å². The van der Waals surface area contributed by atoms with Crippen molar-refractivity contribution in [1.82, 2.24) is 9.31 Å². The molecule has 27 heavy (non-hydrogen) atoms. The van der Waals surface area contributed by atoms with Crippen LogP contribution in [0.3, 0.4) is 0 Å². The van der Waals surface area contributed by atoms with E-state index in [4.69, 9.17) is 5.84 Å². The van der Waals surface area contributed by atoms with E-state index >= 15 is 0 Å². The van der Waals surface area contributed by atoms with Gasteiger partial charge in [0.2, 0.25) is 15.9 Å². The first-order valence-electron chi connectivity index (χ1n) is 9.70. The molecule has 0 radical (unpaired) electrons. The van der Waals surface area contributed by atoms with Gasteiger partial charge in [-0.25, -0.2) is 18.7 Å². The molecule has 1 aromatic carbocycles. The fourth-order valence-electron chi connectivity index (χ4n) is 4.08. The second-order valence-corrected chi connectivity index (χ2v) is 9.56. The molecule has 1 amide bonds. The van der Waals surface area contributed by atoms with E-state index in [1.54, 1.807) is 0 Å². The molecule has 0 bridgehead atoms. The van der Waals surface area contributed by atoms with Crippen molar-refractivity contribution in [2.45, 2.75) is 62.3 Å². The zero-order valence-corrected chi connectivity index (χ0v) is 16.3. The van der Waals surface area contributed by atoms with Gasteiger partial charge in [-0.2, -0.15) is 4.31 Å². The molecular formula is C19H28FN3O3S. The zero-order valence-electron chi connectivity index (χ0n) is 15.5. The Morgan fingerprint density at radius 2 is 1.78 bits per heavy atom. The number of nitrogens with zero attached hydrogens (tertiary/aromatic N) is 2. The maximum atomic E-state index is 13.1. The molecule has 2 N–H and O–H groups in total. The summed E-state index contributed by atoms with van der Waals surface area (Å²) in [7, 11) is -3.68. The predicted octanol–water partition coefficient (Wildman–Crippen LogP) is 2.65. The number of amides is 1. The maximum Gasteiger partial charge on any atom is 0.243 e. The Hall–Kier alpha value is -1.51. The van der Waals surface area contributed by atoms with E-state index < -0.39 is 15.8 Å². The molecule has 1 aliphatic heterocycles. The number of hydrogen-bond acceptors (Lipinski definition) is 4. The highest BCUT2D eigenvalue weighted by molar-refractivity contribution is 7.89. The highest BCUT2D eigenvalue weighted by Crippen LogP contribution is 2.27. The molecule has 1 atom stereocenters. The van der Waals surface area contributed by atoms with Gasteiger partial charge in [-0.1, -0.05) is 19.3 Å². The molecule has 2 aliphatic rings. The lowest BCUT2D eigenvalue weighted by molar-refractivity contribution is -0.135. The number of hydrazine groups is 1. The van der Waals surface area contributed by atoms with Gasteiger partial charge in [0.15, 0.2) is 0 Å². The Kier molecular flexibility index (Phi) is 6.49. The third-order valence-corrected chi connectivity index (χ3v) is 7.53. The second-order valence-electron chi connectivity index (χ2n) is 7.62. The van der Waals surface area contributed by atoms with Gasteiger partial charge in [0, 0.05) is 25.6 Å². The Labute approximate surface area is 160 Å². The van der Waals surface area contributed by atoms with E-state index in [1.807, 2.05) is 0 Å². The quantitative estimate of drug-likeness (QED) is 0.470. The number of nitrogens with two attached hydrogens (primary N) is 1. The molecule has 3 rings (SSSR count). The van der Waals surface area contributed by atoms with E-state index in [2.05, 4.69) is 0 Å². The number of halogens is 1. The highest BCUT2D eigenvalue weighted by atomic mass is 32.2. The number of carbonyl (C=O) groups excluding carboxylic acids is 1. The highest BCUT2D eigenvalue weighted by Gasteiger charge is 2.32. The number of piperidine rings is 1. The fourth-order valence-corrected chi connectivity index (χ4v) is 5.64. The summed E-state index contributed by atoms with van der Waals surface area (Å²) in [5.74, 6) is 5.43. The van der Waals surface area contributed by atoms with Gasteiger partial charge in [0.25, 0.3) is 0 Å². The van der Waals surface area contributed by atoms with Crippen molar-refractivity contribution in [1.29, 1.82) is 0 Å². The number of sulfonamides is 1. The fraction of sp³-hybridized carbons (Fsp3) is 0.632. The lowest BCUT2D eigenvalue weighted by atomic mass is 9.93. The minimum absolute atomic E-state index is 0.0453. The Morgan fingerprint density at radius 1 is 1.11 bits per heavy atom. The van der Waals surface area contributed by atoms with E-state index in [9.17, 15) is 17.6 Å². The number of carbonyl (C=O) groups is 1. The van der Waals surface area contributed by atoms with Crippen molar-refractivity contribution in [3.05, 3.63) is 30.1 Å². The molecule has 8 heteroatoms. The summed E-state index contributed by atoms with van der Waals surface area (Å²) in [6.07, 6.45) is 7.04. The third kappa shape index (κ3) is 4.86. The predicted molar refractivity (Wildman–Crippen MR) is 100 cm³/mol. The zero-order chi connectivity index (χ0) is 19.4. The topological polar surface area (TPSA) is 83.7 Å². The minimum atomic E-state index is -3.68. The van der Waals surface area contributed by atoms with E-state index in [0.29, 0.717) is 19.5 Å². The van der Waals surface area contributed by atoms with Crippen LogP contribution in [0, 0.1) is 11.7 Å². The first-order chi connectivity index (χ1) is 12.9. The molecule has 1 heterocycles. The molecule has 1 unspecified atom stereocenters. The average molecular weight is 398 g/mol. The molecule has 1 aromatic rings. The van der Waals surface area contributed by atoms with Crippen molar-refractivity contribution in [2.75, 3.05) is 13.1 Å². The number of benzene rings is 1. The third-order valence-electron chi connectivity index (χ3n) is 5.65. The summed E-state index contributed by atoms with van der Waals surface area (Å²) in [5, 5.41) is 1.38. The molecule has 1 aliphatic carbocycles. The Bertz CT molecular complexity index is 748. The maximum absolute atomic E-state index is 13.1. The molecular weight excluding hydrogens is 369 g/mol. The number of rotatable bonds is 5. The van der Waals surface area contributed by atoms with Crippen LogP contribution in [0.15, 0.2) is 29.2 Å². The van der Waals surface area contributed by atoms with Crippen LogP contribution in [0.4, 0.5) is 4.39 Å². The monoisotopic (exact) mass is 397 g/mol. The van der Waals surface area contributed by atoms with Gasteiger partial charge in [0.1, 0.15) is 5.82 Å². The molecule has 0 spiro atoms. The van der Waals surface area contributed by atoms with Crippen LogP contribution in [0.25, 0.3) is 0 Å². The summed E-state index contributed by atoms with van der Waals surface area (Å²) in [6.45, 7) is 0.712. The Balaban J connectivity index is 1.61. The standard InChI is InChI=1S/C19H28FN3O3S/c20-16-8-10-18(11-9-16)27(25,26)22-12-4-5-15(14-22)13-19(24)23(21)17-6-2-1-3-7-17/h8-11,15,17H,1-7,12-14,21H2. The van der Waals surface area contributed by atoms with Gasteiger partial charge in [0.05, 0.1) is 4.90 Å². The van der Waals surface area contributed by atoms with E-state index in [0.717, 1.165) is 44.2 Å². The van der Waals surface area contributed by atoms with Gasteiger partial charge in [-0.3, -0.25) is 9.80 Å². The van der Waals surface area contributed by atoms with Crippen LogP contribution >= 0.6 is 0 Å². The summed E-state index contributed by atoms with van der Waals surface area (Å²) in [5.41, 5.74) is 0. The molecule has 1 saturated carbocycles. The largest absolute Gasteiger partial charge is 0.278 e. The van der Waals surface area contributed by atoms with Crippen molar-refractivity contribution in [3.8, 4) is 0 Å². The number of hydrogen-bond donors (Lipinski definition) is 1.